The van der Waals surface area contributed by atoms with Crippen molar-refractivity contribution in [2.24, 2.45) is 11.0 Å². The molecule has 29 heavy (non-hydrogen) atoms. The minimum absolute atomic E-state index is 0.106. The van der Waals surface area contributed by atoms with Gasteiger partial charge in [0.15, 0.2) is 0 Å². The van der Waals surface area contributed by atoms with Crippen LogP contribution in [0.1, 0.15) is 18.1 Å². The second-order valence-corrected chi connectivity index (χ2v) is 7.29. The van der Waals surface area contributed by atoms with Crippen molar-refractivity contribution in [1.29, 1.82) is 0 Å². The summed E-state index contributed by atoms with van der Waals surface area (Å²) in [4.78, 5) is 20.8. The summed E-state index contributed by atoms with van der Waals surface area (Å²) >= 11 is 0. The van der Waals surface area contributed by atoms with Crippen LogP contribution in [0.15, 0.2) is 71.1 Å². The van der Waals surface area contributed by atoms with E-state index < -0.39 is 0 Å². The average Bonchev–Trinajstić information content (AvgIpc) is 3.12. The van der Waals surface area contributed by atoms with E-state index in [-0.39, 0.29) is 29.9 Å². The maximum absolute atomic E-state index is 14.8. The van der Waals surface area contributed by atoms with Gasteiger partial charge in [-0.1, -0.05) is 30.4 Å². The van der Waals surface area contributed by atoms with Gasteiger partial charge in [0, 0.05) is 23.4 Å². The molecule has 3 heterocycles. The summed E-state index contributed by atoms with van der Waals surface area (Å²) in [6.07, 6.45) is 10.7. The van der Waals surface area contributed by atoms with E-state index in [9.17, 15) is 9.18 Å². The number of halogens is 1. The molecule has 0 fully saturated rings. The van der Waals surface area contributed by atoms with Gasteiger partial charge in [-0.2, -0.15) is 5.10 Å². The maximum Gasteiger partial charge on any atom is 0.261 e. The molecule has 2 aromatic heterocycles. The predicted octanol–water partition coefficient (Wildman–Crippen LogP) is 2.90. The zero-order valence-electron chi connectivity index (χ0n) is 15.7. The Labute approximate surface area is 166 Å². The first-order valence-corrected chi connectivity index (χ1v) is 9.38. The summed E-state index contributed by atoms with van der Waals surface area (Å²) in [6.45, 7) is 2.11. The van der Waals surface area contributed by atoms with Crippen molar-refractivity contribution in [1.82, 2.24) is 20.0 Å². The zero-order valence-corrected chi connectivity index (χ0v) is 15.7. The molecule has 0 saturated carbocycles. The van der Waals surface area contributed by atoms with E-state index in [1.807, 2.05) is 19.1 Å². The first kappa shape index (κ1) is 17.5. The molecule has 2 atom stereocenters. The third kappa shape index (κ3) is 3.04. The fourth-order valence-electron chi connectivity index (χ4n) is 3.80. The number of nitrogens with zero attached hydrogens (tertiary/aromatic N) is 4. The molecule has 0 radical (unpaired) electrons. The van der Waals surface area contributed by atoms with E-state index >= 15 is 0 Å². The van der Waals surface area contributed by atoms with Gasteiger partial charge >= 0.3 is 0 Å². The van der Waals surface area contributed by atoms with Gasteiger partial charge in [-0.15, -0.1) is 0 Å². The number of fused-ring (bicyclic) bond motifs is 2. The van der Waals surface area contributed by atoms with Gasteiger partial charge in [-0.05, 0) is 30.2 Å². The van der Waals surface area contributed by atoms with E-state index in [2.05, 4.69) is 32.6 Å². The Hall–Kier alpha value is -3.61. The van der Waals surface area contributed by atoms with Crippen molar-refractivity contribution in [3.8, 4) is 0 Å². The van der Waals surface area contributed by atoms with E-state index in [1.165, 1.54) is 23.2 Å². The monoisotopic (exact) mass is 387 g/mol. The molecule has 0 bridgehead atoms. The number of pyridine rings is 1. The molecule has 7 heteroatoms. The number of hydrogen-bond donors (Lipinski definition) is 1. The highest BCUT2D eigenvalue weighted by molar-refractivity contribution is 5.91. The predicted molar refractivity (Wildman–Crippen MR) is 110 cm³/mol. The number of rotatable bonds is 3. The Kier molecular flexibility index (Phi) is 4.08. The lowest BCUT2D eigenvalue weighted by atomic mass is 9.87. The SMILES string of the molecule is CC1=NNC2C=C(c3ccc(Cn4cnc5cnccc5c4=O)c(F)c3)C=CC12. The number of hydrazone groups is 1. The fourth-order valence-corrected chi connectivity index (χ4v) is 3.80. The number of nitrogens with one attached hydrogen (secondary N) is 1. The Bertz CT molecular complexity index is 1270. The largest absolute Gasteiger partial charge is 0.302 e. The zero-order chi connectivity index (χ0) is 20.0. The molecule has 1 aromatic carbocycles. The van der Waals surface area contributed by atoms with Crippen LogP contribution in [0.5, 0.6) is 0 Å². The van der Waals surface area contributed by atoms with Crippen LogP contribution in [0, 0.1) is 11.7 Å². The molecule has 3 aromatic rings. The molecular weight excluding hydrogens is 369 g/mol. The van der Waals surface area contributed by atoms with Crippen LogP contribution in [-0.2, 0) is 6.54 Å². The standard InChI is InChI=1S/C22H18FN5O/c1-13-17-5-4-15(9-20(17)27-26-13)14-2-3-16(19(23)8-14)11-28-12-25-21-10-24-7-6-18(21)22(28)29/h2-10,12,17,20,27H,11H2,1H3. The van der Waals surface area contributed by atoms with Crippen LogP contribution >= 0.6 is 0 Å². The lowest BCUT2D eigenvalue weighted by molar-refractivity contribution is 0.594. The first-order chi connectivity index (χ1) is 14.1. The van der Waals surface area contributed by atoms with E-state index in [0.717, 1.165) is 16.8 Å². The third-order valence-electron chi connectivity index (χ3n) is 5.46. The Morgan fingerprint density at radius 2 is 2.17 bits per heavy atom. The summed E-state index contributed by atoms with van der Waals surface area (Å²) in [5.74, 6) is -0.0993. The van der Waals surface area contributed by atoms with Crippen LogP contribution in [0.2, 0.25) is 0 Å². The van der Waals surface area contributed by atoms with Gasteiger partial charge in [0.2, 0.25) is 0 Å². The Morgan fingerprint density at radius 1 is 1.28 bits per heavy atom. The van der Waals surface area contributed by atoms with E-state index in [1.54, 1.807) is 18.3 Å². The molecule has 2 aliphatic rings. The summed E-state index contributed by atoms with van der Waals surface area (Å²) < 4.78 is 16.2. The summed E-state index contributed by atoms with van der Waals surface area (Å²) in [5, 5.41) is 4.74. The second-order valence-electron chi connectivity index (χ2n) is 7.29. The molecule has 1 aliphatic heterocycles. The quantitative estimate of drug-likeness (QED) is 0.750. The molecule has 2 unspecified atom stereocenters. The van der Waals surface area contributed by atoms with Crippen molar-refractivity contribution < 1.29 is 4.39 Å². The van der Waals surface area contributed by atoms with Gasteiger partial charge in [-0.3, -0.25) is 14.3 Å². The van der Waals surface area contributed by atoms with Crippen molar-refractivity contribution in [2.75, 3.05) is 0 Å². The van der Waals surface area contributed by atoms with E-state index in [4.69, 9.17) is 0 Å². The summed E-state index contributed by atoms with van der Waals surface area (Å²) in [7, 11) is 0. The molecule has 0 saturated heterocycles. The summed E-state index contributed by atoms with van der Waals surface area (Å²) in [6, 6.07) is 6.84. The van der Waals surface area contributed by atoms with Gasteiger partial charge in [0.1, 0.15) is 5.82 Å². The van der Waals surface area contributed by atoms with Crippen LogP contribution in [0.4, 0.5) is 4.39 Å². The van der Waals surface area contributed by atoms with Crippen molar-refractivity contribution in [3.63, 3.8) is 0 Å². The van der Waals surface area contributed by atoms with Gasteiger partial charge in [-0.25, -0.2) is 9.37 Å². The molecule has 1 aliphatic carbocycles. The molecule has 0 spiro atoms. The third-order valence-corrected chi connectivity index (χ3v) is 5.46. The fraction of sp³-hybridized carbons (Fsp3) is 0.182. The van der Waals surface area contributed by atoms with Gasteiger partial charge in [0.25, 0.3) is 5.56 Å². The Balaban J connectivity index is 1.43. The minimum atomic E-state index is -0.354. The first-order valence-electron chi connectivity index (χ1n) is 9.38. The van der Waals surface area contributed by atoms with Crippen LogP contribution in [0.25, 0.3) is 16.5 Å². The lowest BCUT2D eigenvalue weighted by Gasteiger charge is -2.19. The van der Waals surface area contributed by atoms with Crippen LogP contribution in [-0.4, -0.2) is 26.3 Å². The number of allylic oxidation sites excluding steroid dienone is 2. The number of benzene rings is 1. The number of aromatic nitrogens is 3. The van der Waals surface area contributed by atoms with Crippen LogP contribution in [0.3, 0.4) is 0 Å². The Morgan fingerprint density at radius 3 is 3.03 bits per heavy atom. The van der Waals surface area contributed by atoms with Crippen molar-refractivity contribution in [3.05, 3.63) is 88.5 Å². The van der Waals surface area contributed by atoms with E-state index in [0.29, 0.717) is 16.5 Å². The highest BCUT2D eigenvalue weighted by atomic mass is 19.1. The molecule has 5 rings (SSSR count). The lowest BCUT2D eigenvalue weighted by Crippen LogP contribution is -2.27. The molecular formula is C22H18FN5O. The molecule has 0 amide bonds. The van der Waals surface area contributed by atoms with Gasteiger partial charge < -0.3 is 5.43 Å². The average molecular weight is 387 g/mol. The molecule has 144 valence electrons. The minimum Gasteiger partial charge on any atom is -0.302 e. The smallest absolute Gasteiger partial charge is 0.261 e. The normalized spacial score (nSPS) is 20.2. The summed E-state index contributed by atoms with van der Waals surface area (Å²) in [5.41, 5.74) is 6.64. The second kappa shape index (κ2) is 6.77. The number of hydrogen-bond acceptors (Lipinski definition) is 5. The van der Waals surface area contributed by atoms with Crippen molar-refractivity contribution in [2.45, 2.75) is 19.5 Å². The maximum atomic E-state index is 14.8. The highest BCUT2D eigenvalue weighted by Gasteiger charge is 2.28. The van der Waals surface area contributed by atoms with Gasteiger partial charge in [0.05, 0.1) is 36.0 Å². The highest BCUT2D eigenvalue weighted by Crippen LogP contribution is 2.28. The van der Waals surface area contributed by atoms with Crippen molar-refractivity contribution >= 4 is 22.2 Å². The molecule has 1 N–H and O–H groups in total. The van der Waals surface area contributed by atoms with Crippen LogP contribution < -0.4 is 11.0 Å². The molecule has 6 nitrogen and oxygen atoms in total. The topological polar surface area (TPSA) is 72.2 Å².